The number of β-amino-alcohol motifs (C(OH)–C–C–N with tert-alkyl or cyclic N) is 1. The predicted octanol–water partition coefficient (Wildman–Crippen LogP) is 1.11. The van der Waals surface area contributed by atoms with Crippen LogP contribution in [0.15, 0.2) is 12.1 Å². The molecule has 6 nitrogen and oxygen atoms in total. The zero-order valence-electron chi connectivity index (χ0n) is 13.1. The number of fused-ring (bicyclic) bond motifs is 1. The molecule has 0 saturated carbocycles. The molecule has 1 aromatic rings. The van der Waals surface area contributed by atoms with E-state index in [1.807, 2.05) is 7.05 Å². The number of hydrogen-bond donors (Lipinski definition) is 2. The molecule has 0 spiro atoms. The minimum atomic E-state index is -0.766. The molecule has 0 aromatic heterocycles. The molecule has 1 aliphatic heterocycles. The fourth-order valence-electron chi connectivity index (χ4n) is 2.66. The standard InChI is InChI=1S/C15H22N2O4.ClH/c1-16-7-6-14(19)17-8-10-12(20-2)4-5-13(21-3)15(10)11(18)9-17;/h4-5,11,16,18H,6-9H2,1-3H3;1H. The normalized spacial score (nSPS) is 16.5. The molecular weight excluding hydrogens is 308 g/mol. The number of hydrogen-bond acceptors (Lipinski definition) is 5. The second-order valence-electron chi connectivity index (χ2n) is 5.01. The summed E-state index contributed by atoms with van der Waals surface area (Å²) in [4.78, 5) is 13.8. The number of aliphatic hydroxyl groups excluding tert-OH is 1. The number of carbonyl (C=O) groups is 1. The van der Waals surface area contributed by atoms with Crippen LogP contribution in [0.25, 0.3) is 0 Å². The van der Waals surface area contributed by atoms with Crippen molar-refractivity contribution in [2.24, 2.45) is 0 Å². The molecule has 0 saturated heterocycles. The maximum atomic E-state index is 12.2. The Kier molecular flexibility index (Phi) is 6.93. The first kappa shape index (κ1) is 18.5. The smallest absolute Gasteiger partial charge is 0.224 e. The van der Waals surface area contributed by atoms with Gasteiger partial charge in [-0.3, -0.25) is 4.79 Å². The van der Waals surface area contributed by atoms with Gasteiger partial charge in [-0.25, -0.2) is 0 Å². The summed E-state index contributed by atoms with van der Waals surface area (Å²) < 4.78 is 10.7. The Morgan fingerprint density at radius 2 is 2.00 bits per heavy atom. The van der Waals surface area contributed by atoms with E-state index >= 15 is 0 Å². The van der Waals surface area contributed by atoms with Gasteiger partial charge in [0, 0.05) is 30.6 Å². The molecule has 1 amide bonds. The van der Waals surface area contributed by atoms with E-state index in [1.54, 1.807) is 31.3 Å². The molecule has 124 valence electrons. The predicted molar refractivity (Wildman–Crippen MR) is 85.7 cm³/mol. The maximum Gasteiger partial charge on any atom is 0.224 e. The van der Waals surface area contributed by atoms with Gasteiger partial charge in [0.2, 0.25) is 5.91 Å². The fraction of sp³-hybridized carbons (Fsp3) is 0.533. The number of amides is 1. The van der Waals surface area contributed by atoms with Crippen molar-refractivity contribution in [3.05, 3.63) is 23.3 Å². The van der Waals surface area contributed by atoms with Crippen molar-refractivity contribution in [2.75, 3.05) is 34.4 Å². The van der Waals surface area contributed by atoms with Crippen molar-refractivity contribution < 1.29 is 19.4 Å². The summed E-state index contributed by atoms with van der Waals surface area (Å²) in [6.07, 6.45) is -0.359. The van der Waals surface area contributed by atoms with Crippen molar-refractivity contribution in [3.63, 3.8) is 0 Å². The zero-order valence-corrected chi connectivity index (χ0v) is 13.9. The molecule has 22 heavy (non-hydrogen) atoms. The molecule has 1 aromatic carbocycles. The fourth-order valence-corrected chi connectivity index (χ4v) is 2.66. The quantitative estimate of drug-likeness (QED) is 0.846. The van der Waals surface area contributed by atoms with Gasteiger partial charge in [-0.2, -0.15) is 0 Å². The summed E-state index contributed by atoms with van der Waals surface area (Å²) in [6.45, 7) is 1.32. The van der Waals surface area contributed by atoms with Crippen molar-refractivity contribution in [2.45, 2.75) is 19.1 Å². The highest BCUT2D eigenvalue weighted by Crippen LogP contribution is 2.39. The van der Waals surface area contributed by atoms with Gasteiger partial charge in [-0.15, -0.1) is 12.4 Å². The first-order valence-corrected chi connectivity index (χ1v) is 6.96. The van der Waals surface area contributed by atoms with Crippen LogP contribution in [0.1, 0.15) is 23.7 Å². The lowest BCUT2D eigenvalue weighted by Crippen LogP contribution is -2.39. The Morgan fingerprint density at radius 1 is 1.36 bits per heavy atom. The maximum absolute atomic E-state index is 12.2. The number of carbonyl (C=O) groups excluding carboxylic acids is 1. The Labute approximate surface area is 136 Å². The van der Waals surface area contributed by atoms with Crippen LogP contribution in [0.3, 0.4) is 0 Å². The Morgan fingerprint density at radius 3 is 2.59 bits per heavy atom. The third-order valence-electron chi connectivity index (χ3n) is 3.73. The molecule has 0 aliphatic carbocycles. The SMILES string of the molecule is CNCCC(=O)N1Cc2c(OC)ccc(OC)c2C(O)C1.Cl. The minimum absolute atomic E-state index is 0. The van der Waals surface area contributed by atoms with Crippen LogP contribution < -0.4 is 14.8 Å². The summed E-state index contributed by atoms with van der Waals surface area (Å²) >= 11 is 0. The third kappa shape index (κ3) is 3.63. The van der Waals surface area contributed by atoms with Gasteiger partial charge in [-0.1, -0.05) is 0 Å². The third-order valence-corrected chi connectivity index (χ3v) is 3.73. The van der Waals surface area contributed by atoms with Gasteiger partial charge in [-0.05, 0) is 19.2 Å². The van der Waals surface area contributed by atoms with Crippen LogP contribution in [-0.4, -0.2) is 50.3 Å². The Hall–Kier alpha value is -1.50. The molecule has 0 radical (unpaired) electrons. The highest BCUT2D eigenvalue weighted by Gasteiger charge is 2.31. The lowest BCUT2D eigenvalue weighted by atomic mass is 9.95. The monoisotopic (exact) mass is 330 g/mol. The number of ether oxygens (including phenoxy) is 2. The molecule has 1 heterocycles. The van der Waals surface area contributed by atoms with Crippen LogP contribution in [-0.2, 0) is 11.3 Å². The van der Waals surface area contributed by atoms with Crippen LogP contribution in [0, 0.1) is 0 Å². The summed E-state index contributed by atoms with van der Waals surface area (Å²) in [5.41, 5.74) is 1.53. The number of rotatable bonds is 5. The molecular formula is C15H23ClN2O4. The van der Waals surface area contributed by atoms with E-state index in [1.165, 1.54) is 0 Å². The number of nitrogens with zero attached hydrogens (tertiary/aromatic N) is 1. The number of nitrogens with one attached hydrogen (secondary N) is 1. The highest BCUT2D eigenvalue weighted by atomic mass is 35.5. The number of methoxy groups -OCH3 is 2. The lowest BCUT2D eigenvalue weighted by molar-refractivity contribution is -0.134. The number of halogens is 1. The van der Waals surface area contributed by atoms with Crippen molar-refractivity contribution >= 4 is 18.3 Å². The first-order valence-electron chi connectivity index (χ1n) is 6.96. The van der Waals surface area contributed by atoms with E-state index < -0.39 is 6.10 Å². The van der Waals surface area contributed by atoms with E-state index in [0.717, 1.165) is 11.1 Å². The Bertz CT molecular complexity index is 525. The average Bonchev–Trinajstić information content (AvgIpc) is 2.51. The van der Waals surface area contributed by atoms with E-state index in [4.69, 9.17) is 9.47 Å². The van der Waals surface area contributed by atoms with Crippen LogP contribution in [0.5, 0.6) is 11.5 Å². The van der Waals surface area contributed by atoms with Crippen molar-refractivity contribution in [1.29, 1.82) is 0 Å². The molecule has 0 bridgehead atoms. The minimum Gasteiger partial charge on any atom is -0.496 e. The second-order valence-corrected chi connectivity index (χ2v) is 5.01. The van der Waals surface area contributed by atoms with Gasteiger partial charge in [0.1, 0.15) is 17.6 Å². The lowest BCUT2D eigenvalue weighted by Gasteiger charge is -2.34. The van der Waals surface area contributed by atoms with Gasteiger partial charge in [0.25, 0.3) is 0 Å². The molecule has 2 N–H and O–H groups in total. The molecule has 1 aliphatic rings. The van der Waals surface area contributed by atoms with Crippen LogP contribution in [0.2, 0.25) is 0 Å². The summed E-state index contributed by atoms with van der Waals surface area (Å²) in [5, 5.41) is 13.3. The van der Waals surface area contributed by atoms with Crippen LogP contribution >= 0.6 is 12.4 Å². The van der Waals surface area contributed by atoms with E-state index in [9.17, 15) is 9.90 Å². The zero-order chi connectivity index (χ0) is 15.4. The summed E-state index contributed by atoms with van der Waals surface area (Å²) in [6, 6.07) is 3.57. The van der Waals surface area contributed by atoms with E-state index in [-0.39, 0.29) is 24.9 Å². The highest BCUT2D eigenvalue weighted by molar-refractivity contribution is 5.85. The molecule has 0 fully saturated rings. The van der Waals surface area contributed by atoms with Crippen LogP contribution in [0.4, 0.5) is 0 Å². The average molecular weight is 331 g/mol. The topological polar surface area (TPSA) is 71.0 Å². The first-order chi connectivity index (χ1) is 10.1. The summed E-state index contributed by atoms with van der Waals surface area (Å²) in [5.74, 6) is 1.30. The van der Waals surface area contributed by atoms with Gasteiger partial charge in [0.15, 0.2) is 0 Å². The molecule has 7 heteroatoms. The van der Waals surface area contributed by atoms with Gasteiger partial charge in [0.05, 0.1) is 20.8 Å². The largest absolute Gasteiger partial charge is 0.496 e. The summed E-state index contributed by atoms with van der Waals surface area (Å²) in [7, 11) is 4.96. The molecule has 1 unspecified atom stereocenters. The number of benzene rings is 1. The van der Waals surface area contributed by atoms with E-state index in [0.29, 0.717) is 31.0 Å². The van der Waals surface area contributed by atoms with Gasteiger partial charge < -0.3 is 24.8 Å². The van der Waals surface area contributed by atoms with Crippen molar-refractivity contribution in [3.8, 4) is 11.5 Å². The van der Waals surface area contributed by atoms with Crippen molar-refractivity contribution in [1.82, 2.24) is 10.2 Å². The molecule has 1 atom stereocenters. The second kappa shape index (κ2) is 8.22. The van der Waals surface area contributed by atoms with Gasteiger partial charge >= 0.3 is 0 Å². The number of aliphatic hydroxyl groups is 1. The Balaban J connectivity index is 0.00000242. The molecule has 2 rings (SSSR count). The van der Waals surface area contributed by atoms with E-state index in [2.05, 4.69) is 5.32 Å².